The maximum Gasteiger partial charge on any atom is 0.261 e. The Bertz CT molecular complexity index is 1130. The molecule has 0 saturated heterocycles. The minimum absolute atomic E-state index is 0.186. The van der Waals surface area contributed by atoms with E-state index in [-0.39, 0.29) is 10.7 Å². The molecule has 0 unspecified atom stereocenters. The molecule has 1 N–H and O–H groups in total. The first-order valence-electron chi connectivity index (χ1n) is 8.14. The number of fused-ring (bicyclic) bond motifs is 3. The summed E-state index contributed by atoms with van der Waals surface area (Å²) in [6.45, 7) is 1.90. The predicted octanol–water partition coefficient (Wildman–Crippen LogP) is 4.48. The third-order valence-corrected chi connectivity index (χ3v) is 5.79. The first-order chi connectivity index (χ1) is 12.5. The Hall–Kier alpha value is -2.92. The van der Waals surface area contributed by atoms with Crippen LogP contribution >= 0.6 is 0 Å². The zero-order chi connectivity index (χ0) is 18.3. The Morgan fingerprint density at radius 3 is 2.23 bits per heavy atom. The van der Waals surface area contributed by atoms with Gasteiger partial charge in [0.05, 0.1) is 4.90 Å². The van der Waals surface area contributed by atoms with Crippen LogP contribution in [0.25, 0.3) is 16.7 Å². The Balaban J connectivity index is 1.78. The van der Waals surface area contributed by atoms with E-state index in [0.29, 0.717) is 11.1 Å². The number of hydrogen-bond acceptors (Lipinski definition) is 2. The fourth-order valence-electron chi connectivity index (χ4n) is 3.15. The first-order valence-corrected chi connectivity index (χ1v) is 9.63. The minimum atomic E-state index is -3.70. The summed E-state index contributed by atoms with van der Waals surface area (Å²) in [5.41, 5.74) is 5.05. The number of halogens is 1. The zero-order valence-electron chi connectivity index (χ0n) is 14.0. The van der Waals surface area contributed by atoms with Gasteiger partial charge in [0, 0.05) is 11.8 Å². The van der Waals surface area contributed by atoms with Crippen molar-refractivity contribution in [2.75, 3.05) is 0 Å². The molecule has 0 aliphatic heterocycles. The number of hydrogen-bond donors (Lipinski definition) is 1. The van der Waals surface area contributed by atoms with Gasteiger partial charge in [-0.2, -0.15) is 0 Å². The Kier molecular flexibility index (Phi) is 3.89. The van der Waals surface area contributed by atoms with Gasteiger partial charge < -0.3 is 0 Å². The molecule has 0 heterocycles. The van der Waals surface area contributed by atoms with Crippen LogP contribution in [-0.2, 0) is 10.0 Å². The molecule has 1 aliphatic carbocycles. The normalized spacial score (nSPS) is 14.2. The molecule has 0 radical (unpaired) electrons. The van der Waals surface area contributed by atoms with Crippen molar-refractivity contribution in [1.29, 1.82) is 0 Å². The number of benzene rings is 3. The van der Waals surface area contributed by atoms with Crippen LogP contribution < -0.4 is 4.72 Å². The van der Waals surface area contributed by atoms with Crippen molar-refractivity contribution in [1.82, 2.24) is 4.72 Å². The fraction of sp³-hybridized carbons (Fsp3) is 0.0476. The fourth-order valence-corrected chi connectivity index (χ4v) is 4.05. The van der Waals surface area contributed by atoms with E-state index in [2.05, 4.69) is 4.72 Å². The van der Waals surface area contributed by atoms with Crippen LogP contribution in [-0.4, -0.2) is 8.42 Å². The summed E-state index contributed by atoms with van der Waals surface area (Å²) >= 11 is 0. The first kappa shape index (κ1) is 16.5. The molecule has 0 fully saturated rings. The minimum Gasteiger partial charge on any atom is -0.286 e. The van der Waals surface area contributed by atoms with Crippen molar-refractivity contribution in [2.45, 2.75) is 11.8 Å². The Morgan fingerprint density at radius 1 is 0.846 bits per heavy atom. The Morgan fingerprint density at radius 2 is 1.50 bits per heavy atom. The zero-order valence-corrected chi connectivity index (χ0v) is 14.8. The van der Waals surface area contributed by atoms with Gasteiger partial charge in [0.15, 0.2) is 0 Å². The van der Waals surface area contributed by atoms with Crippen LogP contribution in [0.4, 0.5) is 4.39 Å². The summed E-state index contributed by atoms with van der Waals surface area (Å²) < 4.78 is 41.4. The van der Waals surface area contributed by atoms with Gasteiger partial charge in [0.25, 0.3) is 10.0 Å². The van der Waals surface area contributed by atoms with Crippen LogP contribution in [0.2, 0.25) is 0 Å². The molecule has 0 bridgehead atoms. The molecule has 3 aromatic rings. The summed E-state index contributed by atoms with van der Waals surface area (Å²) in [5, 5.41) is 0. The van der Waals surface area contributed by atoms with Crippen LogP contribution in [0, 0.1) is 12.7 Å². The van der Waals surface area contributed by atoms with Crippen molar-refractivity contribution >= 4 is 15.6 Å². The van der Waals surface area contributed by atoms with E-state index in [1.165, 1.54) is 18.3 Å². The summed E-state index contributed by atoms with van der Waals surface area (Å²) in [4.78, 5) is 0.186. The molecule has 0 spiro atoms. The maximum absolute atomic E-state index is 13.8. The summed E-state index contributed by atoms with van der Waals surface area (Å²) in [6, 6.07) is 18.8. The lowest BCUT2D eigenvalue weighted by Crippen LogP contribution is -2.18. The molecule has 0 aromatic heterocycles. The molecule has 130 valence electrons. The molecule has 3 aromatic carbocycles. The molecule has 3 nitrogen and oxygen atoms in total. The van der Waals surface area contributed by atoms with Crippen LogP contribution in [0.1, 0.15) is 16.7 Å². The number of sulfonamides is 1. The van der Waals surface area contributed by atoms with Gasteiger partial charge in [-0.25, -0.2) is 12.8 Å². The quantitative estimate of drug-likeness (QED) is 0.582. The second kappa shape index (κ2) is 6.11. The van der Waals surface area contributed by atoms with E-state index in [9.17, 15) is 12.8 Å². The number of rotatable bonds is 3. The lowest BCUT2D eigenvalue weighted by Gasteiger charge is -2.07. The number of nitrogens with one attached hydrogen (secondary N) is 1. The highest BCUT2D eigenvalue weighted by atomic mass is 32.2. The van der Waals surface area contributed by atoms with E-state index in [1.807, 2.05) is 31.2 Å². The van der Waals surface area contributed by atoms with E-state index in [1.54, 1.807) is 30.3 Å². The molecular weight excluding hydrogens is 349 g/mol. The van der Waals surface area contributed by atoms with Crippen LogP contribution in [0.5, 0.6) is 0 Å². The standard InChI is InChI=1S/C21H16FNO2S/c1-14-6-9-16(10-7-14)26(24,25)23-13-21-18-5-3-2-4-17(18)19-11-8-15(22)12-20(19)21/h2-13,23H,1H3. The lowest BCUT2D eigenvalue weighted by molar-refractivity contribution is 0.590. The van der Waals surface area contributed by atoms with E-state index >= 15 is 0 Å². The van der Waals surface area contributed by atoms with Crippen molar-refractivity contribution < 1.29 is 12.8 Å². The molecule has 0 amide bonds. The number of aryl methyl sites for hydroxylation is 1. The van der Waals surface area contributed by atoms with E-state index in [4.69, 9.17) is 0 Å². The third-order valence-electron chi connectivity index (χ3n) is 4.47. The van der Waals surface area contributed by atoms with Crippen molar-refractivity contribution in [3.8, 4) is 11.1 Å². The van der Waals surface area contributed by atoms with Crippen LogP contribution in [0.3, 0.4) is 0 Å². The summed E-state index contributed by atoms with van der Waals surface area (Å²) in [6.07, 6.45) is 1.44. The van der Waals surface area contributed by atoms with E-state index < -0.39 is 10.0 Å². The highest BCUT2D eigenvalue weighted by Gasteiger charge is 2.24. The highest BCUT2D eigenvalue weighted by Crippen LogP contribution is 2.43. The van der Waals surface area contributed by atoms with Crippen LogP contribution in [0.15, 0.2) is 77.8 Å². The molecule has 5 heteroatoms. The van der Waals surface area contributed by atoms with Gasteiger partial charge in [0.2, 0.25) is 0 Å². The highest BCUT2D eigenvalue weighted by molar-refractivity contribution is 7.89. The molecule has 4 rings (SSSR count). The Labute approximate surface area is 151 Å². The van der Waals surface area contributed by atoms with E-state index in [0.717, 1.165) is 22.3 Å². The maximum atomic E-state index is 13.8. The SMILES string of the molecule is Cc1ccc(S(=O)(=O)NC=C2c3ccccc3-c3ccc(F)cc32)cc1. The van der Waals surface area contributed by atoms with Crippen molar-refractivity contribution in [3.63, 3.8) is 0 Å². The second-order valence-electron chi connectivity index (χ2n) is 6.23. The largest absolute Gasteiger partial charge is 0.286 e. The topological polar surface area (TPSA) is 46.2 Å². The average Bonchev–Trinajstić information content (AvgIpc) is 2.93. The molecule has 0 atom stereocenters. The van der Waals surface area contributed by atoms with Crippen molar-refractivity contribution in [3.05, 3.63) is 95.4 Å². The summed E-state index contributed by atoms with van der Waals surface area (Å²) in [5.74, 6) is -0.358. The van der Waals surface area contributed by atoms with Gasteiger partial charge >= 0.3 is 0 Å². The van der Waals surface area contributed by atoms with Gasteiger partial charge in [-0.15, -0.1) is 0 Å². The van der Waals surface area contributed by atoms with Crippen molar-refractivity contribution in [2.24, 2.45) is 0 Å². The van der Waals surface area contributed by atoms with Gasteiger partial charge in [-0.3, -0.25) is 4.72 Å². The lowest BCUT2D eigenvalue weighted by atomic mass is 10.1. The molecule has 1 aliphatic rings. The average molecular weight is 365 g/mol. The predicted molar refractivity (Wildman–Crippen MR) is 100 cm³/mol. The summed E-state index contributed by atoms with van der Waals surface area (Å²) in [7, 11) is -3.70. The molecule has 26 heavy (non-hydrogen) atoms. The monoisotopic (exact) mass is 365 g/mol. The second-order valence-corrected chi connectivity index (χ2v) is 7.94. The molecule has 0 saturated carbocycles. The molecular formula is C21H16FNO2S. The van der Waals surface area contributed by atoms with Gasteiger partial charge in [0.1, 0.15) is 5.82 Å². The smallest absolute Gasteiger partial charge is 0.261 e. The van der Waals surface area contributed by atoms with Gasteiger partial charge in [-0.1, -0.05) is 48.0 Å². The van der Waals surface area contributed by atoms with Gasteiger partial charge in [-0.05, 0) is 53.4 Å². The third kappa shape index (κ3) is 2.80.